The van der Waals surface area contributed by atoms with Gasteiger partial charge >= 0.3 is 11.9 Å². The number of halogens is 2. The third-order valence-corrected chi connectivity index (χ3v) is 7.05. The summed E-state index contributed by atoms with van der Waals surface area (Å²) in [6.07, 6.45) is 4.63. The van der Waals surface area contributed by atoms with Crippen LogP contribution in [0.25, 0.3) is 0 Å². The van der Waals surface area contributed by atoms with Crippen molar-refractivity contribution in [3.8, 4) is 11.5 Å². The van der Waals surface area contributed by atoms with Crippen molar-refractivity contribution in [2.45, 2.75) is 44.3 Å². The van der Waals surface area contributed by atoms with E-state index in [4.69, 9.17) is 34.0 Å². The lowest BCUT2D eigenvalue weighted by Gasteiger charge is -2.30. The predicted molar refractivity (Wildman–Crippen MR) is 146 cm³/mol. The van der Waals surface area contributed by atoms with E-state index in [0.717, 1.165) is 73.4 Å². The fraction of sp³-hybridized carbons (Fsp3) is 0.355. The minimum Gasteiger partial charge on any atom is -0.486 e. The molecule has 218 valence electrons. The molecule has 0 radical (unpaired) electrons. The van der Waals surface area contributed by atoms with Crippen LogP contribution in [0.2, 0.25) is 0 Å². The van der Waals surface area contributed by atoms with Gasteiger partial charge in [-0.2, -0.15) is 0 Å². The summed E-state index contributed by atoms with van der Waals surface area (Å²) in [6, 6.07) is 17.4. The van der Waals surface area contributed by atoms with Crippen LogP contribution in [0.15, 0.2) is 60.7 Å². The highest BCUT2D eigenvalue weighted by Gasteiger charge is 2.41. The Morgan fingerprint density at radius 3 is 2.32 bits per heavy atom. The second-order valence-electron chi connectivity index (χ2n) is 9.79. The molecule has 0 bridgehead atoms. The van der Waals surface area contributed by atoms with Gasteiger partial charge in [0.1, 0.15) is 30.4 Å². The molecule has 0 saturated heterocycles. The molecule has 0 spiro atoms. The van der Waals surface area contributed by atoms with Gasteiger partial charge in [0.15, 0.2) is 11.5 Å². The number of aliphatic carboxylic acids is 2. The lowest BCUT2D eigenvalue weighted by Crippen LogP contribution is -2.27. The van der Waals surface area contributed by atoms with Gasteiger partial charge in [-0.25, -0.2) is 18.4 Å². The Kier molecular flexibility index (Phi) is 10.3. The van der Waals surface area contributed by atoms with Gasteiger partial charge in [0, 0.05) is 0 Å². The zero-order valence-corrected chi connectivity index (χ0v) is 22.5. The first-order valence-electron chi connectivity index (χ1n) is 13.5. The molecule has 2 heterocycles. The minimum atomic E-state index is -1.82. The number of carboxylic acids is 2. The van der Waals surface area contributed by atoms with Crippen LogP contribution in [0.4, 0.5) is 8.78 Å². The largest absolute Gasteiger partial charge is 0.486 e. The van der Waals surface area contributed by atoms with Crippen LogP contribution in [-0.4, -0.2) is 48.5 Å². The highest BCUT2D eigenvalue weighted by Crippen LogP contribution is 2.45. The number of aryl methyl sites for hydroxylation is 1. The van der Waals surface area contributed by atoms with Crippen LogP contribution < -0.4 is 14.8 Å². The standard InChI is InChI=1S/C29H31F2NO3.C2H2O4/c30-24-10-8-23(9-11-24)29(26-13-12-25(31)19-22(26)20-35-29)14-1-2-15-32-16-4-6-21-5-3-7-27-28(21)34-18-17-33-27;3-1(4)2(5)6/h3,5,7-13,19,32H,1-2,4,6,14-18,20H2;(H,3,4)(H,5,6). The molecule has 8 nitrogen and oxygen atoms in total. The number of para-hydroxylation sites is 1. The summed E-state index contributed by atoms with van der Waals surface area (Å²) in [5, 5.41) is 18.3. The first-order chi connectivity index (χ1) is 19.8. The number of unbranched alkanes of at least 4 members (excludes halogenated alkanes) is 1. The Bertz CT molecular complexity index is 1340. The monoisotopic (exact) mass is 569 g/mol. The average molecular weight is 570 g/mol. The van der Waals surface area contributed by atoms with E-state index in [1.165, 1.54) is 23.8 Å². The topological polar surface area (TPSA) is 114 Å². The van der Waals surface area contributed by atoms with Gasteiger partial charge in [-0.1, -0.05) is 30.3 Å². The van der Waals surface area contributed by atoms with E-state index >= 15 is 0 Å². The van der Waals surface area contributed by atoms with Gasteiger partial charge in [-0.05, 0) is 97.8 Å². The van der Waals surface area contributed by atoms with Gasteiger partial charge in [0.25, 0.3) is 0 Å². The van der Waals surface area contributed by atoms with Gasteiger partial charge in [-0.15, -0.1) is 0 Å². The van der Waals surface area contributed by atoms with Crippen LogP contribution in [0, 0.1) is 11.6 Å². The molecule has 0 aromatic heterocycles. The highest BCUT2D eigenvalue weighted by molar-refractivity contribution is 6.27. The normalized spacial score (nSPS) is 16.8. The molecular weight excluding hydrogens is 536 g/mol. The first kappa shape index (κ1) is 30.0. The molecule has 2 aliphatic heterocycles. The van der Waals surface area contributed by atoms with E-state index in [1.807, 2.05) is 18.2 Å². The number of rotatable bonds is 10. The third kappa shape index (κ3) is 7.59. The summed E-state index contributed by atoms with van der Waals surface area (Å²) in [7, 11) is 0. The van der Waals surface area contributed by atoms with E-state index in [-0.39, 0.29) is 11.6 Å². The van der Waals surface area contributed by atoms with E-state index in [9.17, 15) is 8.78 Å². The van der Waals surface area contributed by atoms with Crippen molar-refractivity contribution in [2.75, 3.05) is 26.3 Å². The number of benzene rings is 3. The van der Waals surface area contributed by atoms with Crippen LogP contribution in [0.1, 0.15) is 47.9 Å². The van der Waals surface area contributed by atoms with Gasteiger partial charge in [0.05, 0.1) is 6.61 Å². The molecule has 0 saturated carbocycles. The number of hydrogen-bond acceptors (Lipinski definition) is 6. The van der Waals surface area contributed by atoms with Crippen molar-refractivity contribution in [2.24, 2.45) is 0 Å². The SMILES string of the molecule is Fc1ccc(C2(CCCCNCCCc3cccc4c3OCCO4)OCc3cc(F)ccc32)cc1.O=C(O)C(=O)O. The number of carbonyl (C=O) groups is 2. The molecule has 5 rings (SSSR count). The Hall–Kier alpha value is -4.02. The first-order valence-corrected chi connectivity index (χ1v) is 13.5. The second-order valence-corrected chi connectivity index (χ2v) is 9.79. The zero-order chi connectivity index (χ0) is 29.2. The predicted octanol–water partition coefficient (Wildman–Crippen LogP) is 5.06. The average Bonchev–Trinajstić information content (AvgIpc) is 3.33. The molecule has 1 unspecified atom stereocenters. The van der Waals surface area contributed by atoms with Crippen LogP contribution in [0.3, 0.4) is 0 Å². The zero-order valence-electron chi connectivity index (χ0n) is 22.5. The number of hydrogen-bond donors (Lipinski definition) is 3. The van der Waals surface area contributed by atoms with Crippen LogP contribution >= 0.6 is 0 Å². The lowest BCUT2D eigenvalue weighted by molar-refractivity contribution is -0.159. The summed E-state index contributed by atoms with van der Waals surface area (Å²) >= 11 is 0. The molecule has 2 aliphatic rings. The third-order valence-electron chi connectivity index (χ3n) is 7.05. The fourth-order valence-corrected chi connectivity index (χ4v) is 5.15. The second kappa shape index (κ2) is 14.0. The van der Waals surface area contributed by atoms with E-state index in [0.29, 0.717) is 19.8 Å². The van der Waals surface area contributed by atoms with Gasteiger partial charge < -0.3 is 29.7 Å². The number of fused-ring (bicyclic) bond motifs is 2. The molecule has 1 atom stereocenters. The Morgan fingerprint density at radius 1 is 0.854 bits per heavy atom. The maximum absolute atomic E-state index is 13.8. The minimum absolute atomic E-state index is 0.262. The van der Waals surface area contributed by atoms with Crippen molar-refractivity contribution in [1.29, 1.82) is 0 Å². The van der Waals surface area contributed by atoms with Crippen molar-refractivity contribution < 1.29 is 42.8 Å². The van der Waals surface area contributed by atoms with Crippen molar-refractivity contribution in [3.05, 3.63) is 94.6 Å². The van der Waals surface area contributed by atoms with E-state index in [1.54, 1.807) is 18.2 Å². The number of carboxylic acid groups (broad SMARTS) is 2. The smallest absolute Gasteiger partial charge is 0.414 e. The van der Waals surface area contributed by atoms with E-state index in [2.05, 4.69) is 11.4 Å². The Labute approximate surface area is 236 Å². The Morgan fingerprint density at radius 2 is 1.56 bits per heavy atom. The summed E-state index contributed by atoms with van der Waals surface area (Å²) in [6.45, 7) is 3.40. The molecule has 3 aromatic rings. The van der Waals surface area contributed by atoms with Crippen LogP contribution in [-0.2, 0) is 33.0 Å². The number of ether oxygens (including phenoxy) is 3. The highest BCUT2D eigenvalue weighted by atomic mass is 19.1. The molecule has 0 fully saturated rings. The lowest BCUT2D eigenvalue weighted by atomic mass is 9.81. The van der Waals surface area contributed by atoms with E-state index < -0.39 is 17.5 Å². The van der Waals surface area contributed by atoms with Crippen molar-refractivity contribution >= 4 is 11.9 Å². The summed E-state index contributed by atoms with van der Waals surface area (Å²) < 4.78 is 45.1. The molecule has 41 heavy (non-hydrogen) atoms. The Balaban J connectivity index is 0.000000585. The molecule has 0 aliphatic carbocycles. The summed E-state index contributed by atoms with van der Waals surface area (Å²) in [4.78, 5) is 18.2. The van der Waals surface area contributed by atoms with Crippen LogP contribution in [0.5, 0.6) is 11.5 Å². The van der Waals surface area contributed by atoms with Crippen molar-refractivity contribution in [3.63, 3.8) is 0 Å². The molecule has 3 N–H and O–H groups in total. The molecule has 3 aromatic carbocycles. The molecular formula is C31H33F2NO7. The summed E-state index contributed by atoms with van der Waals surface area (Å²) in [5.74, 6) is -2.45. The molecule has 10 heteroatoms. The fourth-order valence-electron chi connectivity index (χ4n) is 5.15. The summed E-state index contributed by atoms with van der Waals surface area (Å²) in [5.41, 5.74) is 3.29. The van der Waals surface area contributed by atoms with Gasteiger partial charge in [0.2, 0.25) is 0 Å². The maximum atomic E-state index is 13.8. The molecule has 0 amide bonds. The van der Waals surface area contributed by atoms with Crippen molar-refractivity contribution in [1.82, 2.24) is 5.32 Å². The van der Waals surface area contributed by atoms with Gasteiger partial charge in [-0.3, -0.25) is 0 Å². The maximum Gasteiger partial charge on any atom is 0.414 e. The number of nitrogens with one attached hydrogen (secondary N) is 1. The quantitative estimate of drug-likeness (QED) is 0.229.